The summed E-state index contributed by atoms with van der Waals surface area (Å²) < 4.78 is 40.8. The maximum absolute atomic E-state index is 12.9. The van der Waals surface area contributed by atoms with E-state index < -0.39 is 68.6 Å². The van der Waals surface area contributed by atoms with Crippen LogP contribution in [0.25, 0.3) is 0 Å². The number of carbonyl (C=O) groups excluding carboxylic acids is 5. The van der Waals surface area contributed by atoms with Crippen molar-refractivity contribution in [3.8, 4) is 23.5 Å². The topological polar surface area (TPSA) is 394 Å². The number of hydrogen-bond donors (Lipinski definition) is 4. The van der Waals surface area contributed by atoms with Gasteiger partial charge in [-0.2, -0.15) is 19.9 Å². The molecule has 37 heteroatoms. The molecule has 0 bridgehead atoms. The predicted molar refractivity (Wildman–Crippen MR) is 272 cm³/mol. The van der Waals surface area contributed by atoms with Crippen LogP contribution in [0.5, 0.6) is 23.5 Å². The zero-order chi connectivity index (χ0) is 55.2. The van der Waals surface area contributed by atoms with Crippen molar-refractivity contribution in [2.75, 3.05) is 93.6 Å². The van der Waals surface area contributed by atoms with Gasteiger partial charge in [-0.1, -0.05) is 31.7 Å². The Bertz CT molecular complexity index is 2550. The Hall–Kier alpha value is -1.69. The molecule has 3 amide bonds. The van der Waals surface area contributed by atoms with Crippen LogP contribution in [0.15, 0.2) is 48.5 Å². The van der Waals surface area contributed by atoms with Crippen LogP contribution in [0.1, 0.15) is 52.2 Å². The molecule has 2 aromatic carbocycles. The first-order chi connectivity index (χ1) is 35.4. The minimum atomic E-state index is -0.929. The molecule has 2 aromatic heterocycles. The predicted octanol–water partition coefficient (Wildman–Crippen LogP) is 5.04. The van der Waals surface area contributed by atoms with Gasteiger partial charge in [0, 0.05) is 210 Å². The van der Waals surface area contributed by atoms with Crippen molar-refractivity contribution in [3.63, 3.8) is 0 Å². The van der Waals surface area contributed by atoms with Crippen LogP contribution in [0, 0.1) is 20.2 Å². The number of nitrogens with zero attached hydrogens (tertiary/aromatic N) is 8. The summed E-state index contributed by atoms with van der Waals surface area (Å²) in [6, 6.07) is 12.2. The number of anilines is 4. The number of ether oxygens (including phenoxy) is 8. The van der Waals surface area contributed by atoms with Gasteiger partial charge in [-0.05, 0) is 68.6 Å². The number of alkyl halides is 2. The van der Waals surface area contributed by atoms with E-state index >= 15 is 0 Å². The van der Waals surface area contributed by atoms with Crippen molar-refractivity contribution in [3.05, 3.63) is 79.9 Å². The number of nitrogen functional groups attached to an aromatic ring is 2. The second-order valence-electron chi connectivity index (χ2n) is 14.0. The number of carbonyl (C=O) groups is 5. The van der Waals surface area contributed by atoms with E-state index in [1.807, 2.05) is 0 Å². The number of esters is 2. The summed E-state index contributed by atoms with van der Waals surface area (Å²) >= 11 is 9.53. The van der Waals surface area contributed by atoms with Crippen molar-refractivity contribution in [1.82, 2.24) is 25.3 Å². The second-order valence-corrected chi connectivity index (χ2v) is 14.8. The van der Waals surface area contributed by atoms with E-state index in [1.54, 1.807) is 56.3 Å². The van der Waals surface area contributed by atoms with Gasteiger partial charge in [-0.25, -0.2) is 19.2 Å². The molecule has 0 aliphatic rings. The fourth-order valence-corrected chi connectivity index (χ4v) is 5.57. The first-order valence-electron chi connectivity index (χ1n) is 21.8. The Labute approximate surface area is 628 Å². The van der Waals surface area contributed by atoms with Crippen LogP contribution in [0.4, 0.5) is 44.2 Å². The number of halogens is 2. The summed E-state index contributed by atoms with van der Waals surface area (Å²) in [4.78, 5) is 98.8. The molecule has 4 rings (SSSR count). The molecule has 6 radical (unpaired) electrons. The average molecular weight is 1630 g/mol. The fourth-order valence-electron chi connectivity index (χ4n) is 5.57. The number of benzene rings is 2. The molecule has 0 unspecified atom stereocenters. The van der Waals surface area contributed by atoms with Crippen LogP contribution < -0.4 is 51.3 Å². The third-order valence-corrected chi connectivity index (χ3v) is 8.75. The Balaban J connectivity index is -0.000000306. The van der Waals surface area contributed by atoms with Crippen molar-refractivity contribution in [2.45, 2.75) is 54.1 Å². The summed E-state index contributed by atoms with van der Waals surface area (Å²) in [5.41, 5.74) is 16.6. The molecular weight excluding hydrogens is 1570 g/mol. The molecule has 0 aliphatic heterocycles. The number of methoxy groups -OCH3 is 2. The molecule has 2 heterocycles. The van der Waals surface area contributed by atoms with Gasteiger partial charge in [0.15, 0.2) is 13.2 Å². The summed E-state index contributed by atoms with van der Waals surface area (Å²) in [6.45, 7) is 4.32. The first kappa shape index (κ1) is 90.5. The number of hydrogen-bond acceptors (Lipinski definition) is 24. The number of nitrogens with two attached hydrogens (primary N) is 3. The molecule has 0 spiro atoms. The van der Waals surface area contributed by atoms with Crippen LogP contribution in [-0.4, -0.2) is 132 Å². The molecule has 0 saturated heterocycles. The number of amides is 3. The molecule has 7 N–H and O–H groups in total. The normalized spacial score (nSPS) is 9.23. The molecule has 430 valence electrons. The summed E-state index contributed by atoms with van der Waals surface area (Å²) in [5.74, 6) is -2.60. The van der Waals surface area contributed by atoms with Gasteiger partial charge in [0.1, 0.15) is 11.5 Å². The quantitative estimate of drug-likeness (QED) is 0.0169. The number of aromatic nitrogens is 4. The number of nitro groups is 2. The monoisotopic (exact) mass is 1630 g/mol. The molecule has 0 saturated carbocycles. The Morgan fingerprint density at radius 2 is 1.01 bits per heavy atom. The van der Waals surface area contributed by atoms with Crippen LogP contribution in [-0.2, 0) is 243 Å². The number of rotatable bonds is 25. The maximum Gasteiger partial charge on any atom is 0.415 e. The molecule has 81 heavy (non-hydrogen) atoms. The molecule has 29 nitrogen and oxygen atoms in total. The largest absolute Gasteiger partial charge is 0.482 e. The SMILES string of the molecule is C.CCOC(=O)N(Cc1cccc(OCC(=O)OC)c1)c1nc(OCCCN)nc(N)c1[N+](=O)[O-].CCOC(=O)N(Cc1cccc(OCC(=O)OC)c1)c1nc(OCCCNC(C)=O)nc(N)c1[N+](=O)[O-].ClCCl.[Y].[Y].[Y].[Y].[Y].[Y]. The van der Waals surface area contributed by atoms with Crippen LogP contribution in [0.3, 0.4) is 0 Å². The minimum Gasteiger partial charge on any atom is -0.482 e. The average Bonchev–Trinajstić information content (AvgIpc) is 3.35. The zero-order valence-corrected chi connectivity index (χ0v) is 62.8. The molecule has 4 aromatic rings. The van der Waals surface area contributed by atoms with Gasteiger partial charge in [0.25, 0.3) is 0 Å². The van der Waals surface area contributed by atoms with E-state index in [4.69, 9.17) is 68.8 Å². The van der Waals surface area contributed by atoms with Crippen molar-refractivity contribution in [2.24, 2.45) is 5.73 Å². The van der Waals surface area contributed by atoms with E-state index in [2.05, 4.69) is 34.7 Å². The van der Waals surface area contributed by atoms with Gasteiger partial charge in [0.2, 0.25) is 29.2 Å². The van der Waals surface area contributed by atoms with Gasteiger partial charge in [-0.15, -0.1) is 23.2 Å². The van der Waals surface area contributed by atoms with Crippen molar-refractivity contribution in [1.29, 1.82) is 0 Å². The Morgan fingerprint density at radius 1 is 0.642 bits per heavy atom. The van der Waals surface area contributed by atoms with Gasteiger partial charge < -0.3 is 60.4 Å². The van der Waals surface area contributed by atoms with E-state index in [-0.39, 0.29) is 280 Å². The standard InChI is InChI=1S/C22H28N6O9.C20H26N6O8.CH2Cl2.CH4.6Y/c1-4-35-22(31)27(12-15-7-5-8-16(11-15)37-13-17(30)34-3)20-18(28(32)33)19(23)25-21(26-20)36-10-6-9-24-14(2)29;1-3-32-20(28)25(11-13-6-4-7-14(10-13)34-12-15(27)31-2)18-16(26(29)30)17(22)23-19(24-18)33-9-5-8-21;2-1-3;;;;;;;/h5,7-8,11H,4,6,9-10,12-13H2,1-3H3,(H,24,29)(H2,23,25,26);4,6-7,10H,3,5,8-9,11-12,21H2,1-2H3,(H2,22,23,24);1H2;1H4;;;;;;. The van der Waals surface area contributed by atoms with Crippen LogP contribution in [0.2, 0.25) is 0 Å². The second kappa shape index (κ2) is 51.5. The van der Waals surface area contributed by atoms with E-state index in [1.165, 1.54) is 27.2 Å². The fraction of sp³-hybridized carbons (Fsp3) is 0.432. The smallest absolute Gasteiger partial charge is 0.415 e. The van der Waals surface area contributed by atoms with E-state index in [0.717, 1.165) is 9.80 Å². The minimum absolute atomic E-state index is 0. The summed E-state index contributed by atoms with van der Waals surface area (Å²) in [7, 11) is 2.45. The third-order valence-electron chi connectivity index (χ3n) is 8.75. The van der Waals surface area contributed by atoms with Gasteiger partial charge in [0.05, 0.1) is 68.9 Å². The van der Waals surface area contributed by atoms with Gasteiger partial charge >= 0.3 is 47.5 Å². The van der Waals surface area contributed by atoms with Crippen molar-refractivity contribution >= 4 is 87.9 Å². The van der Waals surface area contributed by atoms with E-state index in [9.17, 15) is 44.2 Å². The van der Waals surface area contributed by atoms with Crippen LogP contribution >= 0.6 is 23.2 Å². The summed E-state index contributed by atoms with van der Waals surface area (Å²) in [5, 5.41) is 26.3. The molecule has 0 atom stereocenters. The number of nitrogens with one attached hydrogen (secondary N) is 1. The first-order valence-corrected chi connectivity index (χ1v) is 22.9. The maximum atomic E-state index is 12.9. The zero-order valence-electron chi connectivity index (χ0n) is 44.3. The third kappa shape index (κ3) is 34.3. The Kier molecular flexibility index (Phi) is 57.6. The summed E-state index contributed by atoms with van der Waals surface area (Å²) in [6.07, 6.45) is -0.955. The van der Waals surface area contributed by atoms with Gasteiger partial charge in [-0.3, -0.25) is 34.8 Å². The van der Waals surface area contributed by atoms with E-state index in [0.29, 0.717) is 48.6 Å². The molecular formula is C44H60Cl2N12O17Y6. The molecule has 0 fully saturated rings. The van der Waals surface area contributed by atoms with Crippen molar-refractivity contribution < 1.29 is 268 Å². The molecule has 0 aliphatic carbocycles. The Morgan fingerprint density at radius 3 is 1.33 bits per heavy atom.